The van der Waals surface area contributed by atoms with Crippen molar-refractivity contribution in [2.75, 3.05) is 0 Å². The number of pyridine rings is 1. The fraction of sp³-hybridized carbons (Fsp3) is 0.583. The number of aromatic nitrogens is 1. The molecule has 0 aliphatic heterocycles. The highest BCUT2D eigenvalue weighted by Gasteiger charge is 2.40. The van der Waals surface area contributed by atoms with E-state index in [4.69, 9.17) is 0 Å². The molecular weight excluding hydrogens is 158 g/mol. The third-order valence-electron chi connectivity index (χ3n) is 3.74. The molecule has 0 N–H and O–H groups in total. The summed E-state index contributed by atoms with van der Waals surface area (Å²) in [6.07, 6.45) is 4.64. The summed E-state index contributed by atoms with van der Waals surface area (Å²) >= 11 is 0. The molecular formula is C12H17N. The minimum atomic E-state index is 0.424. The molecule has 0 aromatic carbocycles. The van der Waals surface area contributed by atoms with E-state index < -0.39 is 0 Å². The van der Waals surface area contributed by atoms with Crippen LogP contribution in [0.4, 0.5) is 0 Å². The van der Waals surface area contributed by atoms with Crippen LogP contribution >= 0.6 is 0 Å². The predicted octanol–water partition coefficient (Wildman–Crippen LogP) is 3.08. The summed E-state index contributed by atoms with van der Waals surface area (Å²) in [4.78, 5) is 4.24. The summed E-state index contributed by atoms with van der Waals surface area (Å²) < 4.78 is 0. The third kappa shape index (κ3) is 1.27. The molecule has 1 heterocycles. The quantitative estimate of drug-likeness (QED) is 0.639. The number of rotatable bonds is 1. The molecule has 1 fully saturated rings. The van der Waals surface area contributed by atoms with E-state index in [-0.39, 0.29) is 0 Å². The van der Waals surface area contributed by atoms with Gasteiger partial charge in [-0.1, -0.05) is 13.8 Å². The molecule has 0 radical (unpaired) electrons. The molecule has 13 heavy (non-hydrogen) atoms. The molecule has 1 aliphatic rings. The van der Waals surface area contributed by atoms with Crippen molar-refractivity contribution in [1.29, 1.82) is 0 Å². The van der Waals surface area contributed by atoms with E-state index in [0.717, 1.165) is 11.6 Å². The second-order valence-corrected chi connectivity index (χ2v) is 4.54. The van der Waals surface area contributed by atoms with E-state index in [2.05, 4.69) is 37.9 Å². The van der Waals surface area contributed by atoms with E-state index >= 15 is 0 Å². The van der Waals surface area contributed by atoms with Gasteiger partial charge in [0.1, 0.15) is 0 Å². The van der Waals surface area contributed by atoms with Crippen molar-refractivity contribution in [1.82, 2.24) is 4.98 Å². The van der Waals surface area contributed by atoms with Crippen molar-refractivity contribution in [3.05, 3.63) is 29.6 Å². The lowest BCUT2D eigenvalue weighted by atomic mass is 9.59. The Labute approximate surface area is 80.2 Å². The first-order chi connectivity index (χ1) is 6.13. The lowest BCUT2D eigenvalue weighted by molar-refractivity contribution is 0.159. The van der Waals surface area contributed by atoms with Crippen LogP contribution in [0.15, 0.2) is 18.3 Å². The Morgan fingerprint density at radius 2 is 2.31 bits per heavy atom. The van der Waals surface area contributed by atoms with Crippen molar-refractivity contribution in [2.45, 2.75) is 39.0 Å². The topological polar surface area (TPSA) is 12.9 Å². The van der Waals surface area contributed by atoms with E-state index in [1.165, 1.54) is 18.4 Å². The molecule has 2 atom stereocenters. The molecule has 2 unspecified atom stereocenters. The number of nitrogens with zero attached hydrogens (tertiary/aromatic N) is 1. The van der Waals surface area contributed by atoms with Gasteiger partial charge in [-0.05, 0) is 48.8 Å². The monoisotopic (exact) mass is 175 g/mol. The maximum absolute atomic E-state index is 4.24. The van der Waals surface area contributed by atoms with Gasteiger partial charge < -0.3 is 0 Å². The minimum absolute atomic E-state index is 0.424. The molecule has 1 heteroatoms. The number of hydrogen-bond acceptors (Lipinski definition) is 1. The van der Waals surface area contributed by atoms with Gasteiger partial charge in [0, 0.05) is 11.9 Å². The summed E-state index contributed by atoms with van der Waals surface area (Å²) in [6.45, 7) is 6.78. The van der Waals surface area contributed by atoms with Crippen LogP contribution in [0.5, 0.6) is 0 Å². The first-order valence-corrected chi connectivity index (χ1v) is 5.06. The largest absolute Gasteiger partial charge is 0.262 e. The SMILES string of the molecule is Cc1cc(C2(C)CCC2C)ccn1. The zero-order chi connectivity index (χ0) is 9.47. The van der Waals surface area contributed by atoms with Crippen LogP contribution in [0.3, 0.4) is 0 Å². The van der Waals surface area contributed by atoms with Crippen LogP contribution in [0.1, 0.15) is 37.9 Å². The predicted molar refractivity (Wildman–Crippen MR) is 54.7 cm³/mol. The lowest BCUT2D eigenvalue weighted by Crippen LogP contribution is -2.39. The Balaban J connectivity index is 2.35. The third-order valence-corrected chi connectivity index (χ3v) is 3.74. The molecule has 1 saturated carbocycles. The van der Waals surface area contributed by atoms with Crippen molar-refractivity contribution in [2.24, 2.45) is 5.92 Å². The average molecular weight is 175 g/mol. The summed E-state index contributed by atoms with van der Waals surface area (Å²) in [5, 5.41) is 0. The molecule has 0 spiro atoms. The zero-order valence-corrected chi connectivity index (χ0v) is 8.67. The molecule has 0 saturated heterocycles. The van der Waals surface area contributed by atoms with Crippen LogP contribution < -0.4 is 0 Å². The second-order valence-electron chi connectivity index (χ2n) is 4.54. The molecule has 0 amide bonds. The van der Waals surface area contributed by atoms with Crippen LogP contribution in [-0.2, 0) is 5.41 Å². The highest BCUT2D eigenvalue weighted by Crippen LogP contribution is 2.47. The zero-order valence-electron chi connectivity index (χ0n) is 8.67. The van der Waals surface area contributed by atoms with Gasteiger partial charge in [0.05, 0.1) is 0 Å². The molecule has 1 aliphatic carbocycles. The van der Waals surface area contributed by atoms with E-state index in [1.807, 2.05) is 6.20 Å². The van der Waals surface area contributed by atoms with Gasteiger partial charge in [-0.15, -0.1) is 0 Å². The Bertz CT molecular complexity index is 319. The lowest BCUT2D eigenvalue weighted by Gasteiger charge is -2.46. The van der Waals surface area contributed by atoms with Crippen LogP contribution in [0.2, 0.25) is 0 Å². The van der Waals surface area contributed by atoms with Gasteiger partial charge >= 0.3 is 0 Å². The molecule has 1 nitrogen and oxygen atoms in total. The van der Waals surface area contributed by atoms with Crippen molar-refractivity contribution >= 4 is 0 Å². The maximum Gasteiger partial charge on any atom is 0.0375 e. The van der Waals surface area contributed by atoms with Gasteiger partial charge in [0.25, 0.3) is 0 Å². The van der Waals surface area contributed by atoms with Crippen molar-refractivity contribution in [3.8, 4) is 0 Å². The van der Waals surface area contributed by atoms with E-state index in [0.29, 0.717) is 5.41 Å². The first kappa shape index (κ1) is 8.74. The molecule has 70 valence electrons. The van der Waals surface area contributed by atoms with Crippen LogP contribution in [0.25, 0.3) is 0 Å². The highest BCUT2D eigenvalue weighted by molar-refractivity contribution is 5.28. The van der Waals surface area contributed by atoms with Gasteiger partial charge in [0.15, 0.2) is 0 Å². The number of aryl methyl sites for hydroxylation is 1. The Morgan fingerprint density at radius 1 is 1.54 bits per heavy atom. The van der Waals surface area contributed by atoms with E-state index in [1.54, 1.807) is 0 Å². The van der Waals surface area contributed by atoms with Crippen molar-refractivity contribution in [3.63, 3.8) is 0 Å². The number of hydrogen-bond donors (Lipinski definition) is 0. The normalized spacial score (nSPS) is 32.7. The molecule has 2 rings (SSSR count). The molecule has 1 aromatic rings. The second kappa shape index (κ2) is 2.83. The molecule has 0 bridgehead atoms. The molecule has 1 aromatic heterocycles. The van der Waals surface area contributed by atoms with Crippen molar-refractivity contribution < 1.29 is 0 Å². The van der Waals surface area contributed by atoms with Gasteiger partial charge in [0.2, 0.25) is 0 Å². The van der Waals surface area contributed by atoms with E-state index in [9.17, 15) is 0 Å². The maximum atomic E-state index is 4.24. The summed E-state index contributed by atoms with van der Waals surface area (Å²) in [5.74, 6) is 0.828. The Morgan fingerprint density at radius 3 is 2.77 bits per heavy atom. The fourth-order valence-corrected chi connectivity index (χ4v) is 2.20. The standard InChI is InChI=1S/C12H17N/c1-9-4-6-12(9,3)11-5-7-13-10(2)8-11/h5,7-9H,4,6H2,1-3H3. The summed E-state index contributed by atoms with van der Waals surface area (Å²) in [5.41, 5.74) is 3.03. The fourth-order valence-electron chi connectivity index (χ4n) is 2.20. The Hall–Kier alpha value is -0.850. The van der Waals surface area contributed by atoms with Crippen LogP contribution in [-0.4, -0.2) is 4.98 Å². The van der Waals surface area contributed by atoms with Crippen LogP contribution in [0, 0.1) is 12.8 Å². The summed E-state index contributed by atoms with van der Waals surface area (Å²) in [6, 6.07) is 4.40. The van der Waals surface area contributed by atoms with Gasteiger partial charge in [-0.3, -0.25) is 4.98 Å². The minimum Gasteiger partial charge on any atom is -0.262 e. The van der Waals surface area contributed by atoms with Gasteiger partial charge in [-0.2, -0.15) is 0 Å². The highest BCUT2D eigenvalue weighted by atomic mass is 14.7. The smallest absolute Gasteiger partial charge is 0.0375 e. The average Bonchev–Trinajstić information content (AvgIpc) is 2.14. The Kier molecular flexibility index (Phi) is 1.90. The van der Waals surface area contributed by atoms with Gasteiger partial charge in [-0.25, -0.2) is 0 Å². The first-order valence-electron chi connectivity index (χ1n) is 5.06. The summed E-state index contributed by atoms with van der Waals surface area (Å²) in [7, 11) is 0.